The lowest BCUT2D eigenvalue weighted by Gasteiger charge is -2.08. The molecule has 0 saturated carbocycles. The first kappa shape index (κ1) is 16.8. The van der Waals surface area contributed by atoms with Gasteiger partial charge in [0.05, 0.1) is 11.0 Å². The molecule has 0 saturated heterocycles. The normalized spacial score (nSPS) is 10.7. The highest BCUT2D eigenvalue weighted by Gasteiger charge is 2.10. The summed E-state index contributed by atoms with van der Waals surface area (Å²) in [6.45, 7) is 1.94. The molecule has 5 nitrogen and oxygen atoms in total. The maximum atomic E-state index is 12.5. The zero-order valence-corrected chi connectivity index (χ0v) is 15.1. The molecule has 1 amide bonds. The van der Waals surface area contributed by atoms with Crippen molar-refractivity contribution in [3.05, 3.63) is 84.2 Å². The lowest BCUT2D eigenvalue weighted by molar-refractivity contribution is 0.102. The molecular weight excluding hydrogens is 338 g/mol. The van der Waals surface area contributed by atoms with Gasteiger partial charge in [0.2, 0.25) is 0 Å². The fourth-order valence-corrected chi connectivity index (χ4v) is 2.90. The van der Waals surface area contributed by atoms with Crippen molar-refractivity contribution in [1.29, 1.82) is 0 Å². The molecule has 27 heavy (non-hydrogen) atoms. The highest BCUT2D eigenvalue weighted by Crippen LogP contribution is 2.23. The van der Waals surface area contributed by atoms with E-state index in [1.54, 1.807) is 0 Å². The smallest absolute Gasteiger partial charge is 0.255 e. The Hall–Kier alpha value is -3.60. The second-order valence-electron chi connectivity index (χ2n) is 6.32. The van der Waals surface area contributed by atoms with Crippen LogP contribution < -0.4 is 10.1 Å². The van der Waals surface area contributed by atoms with Gasteiger partial charge in [-0.25, -0.2) is 4.98 Å². The zero-order valence-electron chi connectivity index (χ0n) is 15.1. The van der Waals surface area contributed by atoms with Crippen molar-refractivity contribution >= 4 is 22.6 Å². The molecule has 0 spiro atoms. The average Bonchev–Trinajstić information content (AvgIpc) is 2.97. The SMILES string of the molecule is Cc1nc2cc(C(=O)Nc3ccc(Oc4ccccc4)cc3)ccc2n1C. The monoisotopic (exact) mass is 357 g/mol. The molecule has 5 heteroatoms. The van der Waals surface area contributed by atoms with Gasteiger partial charge in [0.1, 0.15) is 17.3 Å². The van der Waals surface area contributed by atoms with Crippen LogP contribution in [0, 0.1) is 6.92 Å². The molecule has 1 aromatic heterocycles. The van der Waals surface area contributed by atoms with E-state index in [1.807, 2.05) is 91.3 Å². The van der Waals surface area contributed by atoms with E-state index in [0.29, 0.717) is 17.0 Å². The van der Waals surface area contributed by atoms with Gasteiger partial charge in [-0.15, -0.1) is 0 Å². The summed E-state index contributed by atoms with van der Waals surface area (Å²) in [5, 5.41) is 2.91. The molecule has 0 fully saturated rings. The van der Waals surface area contributed by atoms with E-state index in [0.717, 1.165) is 22.6 Å². The van der Waals surface area contributed by atoms with Gasteiger partial charge in [0.15, 0.2) is 0 Å². The topological polar surface area (TPSA) is 56.1 Å². The highest BCUT2D eigenvalue weighted by atomic mass is 16.5. The molecular formula is C22H19N3O2. The van der Waals surface area contributed by atoms with Crippen LogP contribution in [0.1, 0.15) is 16.2 Å². The Morgan fingerprint density at radius 3 is 2.41 bits per heavy atom. The van der Waals surface area contributed by atoms with Gasteiger partial charge < -0.3 is 14.6 Å². The maximum Gasteiger partial charge on any atom is 0.255 e. The van der Waals surface area contributed by atoms with Gasteiger partial charge in [0.25, 0.3) is 5.91 Å². The molecule has 4 aromatic rings. The number of carbonyl (C=O) groups is 1. The predicted molar refractivity (Wildman–Crippen MR) is 106 cm³/mol. The lowest BCUT2D eigenvalue weighted by atomic mass is 10.2. The number of rotatable bonds is 4. The average molecular weight is 357 g/mol. The molecule has 4 rings (SSSR count). The van der Waals surface area contributed by atoms with Gasteiger partial charge in [0, 0.05) is 18.3 Å². The van der Waals surface area contributed by atoms with E-state index in [4.69, 9.17) is 4.74 Å². The molecule has 0 unspecified atom stereocenters. The molecule has 0 atom stereocenters. The molecule has 0 bridgehead atoms. The quantitative estimate of drug-likeness (QED) is 0.564. The van der Waals surface area contributed by atoms with Gasteiger partial charge in [-0.05, 0) is 61.5 Å². The van der Waals surface area contributed by atoms with Crippen LogP contribution in [0.4, 0.5) is 5.69 Å². The Balaban J connectivity index is 1.48. The number of ether oxygens (including phenoxy) is 1. The van der Waals surface area contributed by atoms with Crippen molar-refractivity contribution in [2.24, 2.45) is 7.05 Å². The number of aryl methyl sites for hydroxylation is 2. The minimum absolute atomic E-state index is 0.170. The van der Waals surface area contributed by atoms with Gasteiger partial charge in [-0.2, -0.15) is 0 Å². The van der Waals surface area contributed by atoms with E-state index < -0.39 is 0 Å². The van der Waals surface area contributed by atoms with Crippen molar-refractivity contribution in [1.82, 2.24) is 9.55 Å². The largest absolute Gasteiger partial charge is 0.457 e. The Labute approximate surface area is 157 Å². The second kappa shape index (κ2) is 6.96. The second-order valence-corrected chi connectivity index (χ2v) is 6.32. The zero-order chi connectivity index (χ0) is 18.8. The van der Waals surface area contributed by atoms with E-state index in [9.17, 15) is 4.79 Å². The third kappa shape index (κ3) is 3.53. The van der Waals surface area contributed by atoms with Gasteiger partial charge in [-0.3, -0.25) is 4.79 Å². The van der Waals surface area contributed by atoms with Crippen LogP contribution in [0.2, 0.25) is 0 Å². The van der Waals surface area contributed by atoms with Crippen LogP contribution in [-0.2, 0) is 7.05 Å². The number of imidazole rings is 1. The molecule has 3 aromatic carbocycles. The number of amides is 1. The molecule has 0 aliphatic rings. The third-order valence-corrected chi connectivity index (χ3v) is 4.46. The lowest BCUT2D eigenvalue weighted by Crippen LogP contribution is -2.11. The van der Waals surface area contributed by atoms with E-state index in [-0.39, 0.29) is 5.91 Å². The molecule has 0 aliphatic heterocycles. The van der Waals surface area contributed by atoms with Crippen LogP contribution >= 0.6 is 0 Å². The van der Waals surface area contributed by atoms with Crippen molar-refractivity contribution in [2.75, 3.05) is 5.32 Å². The Kier molecular flexibility index (Phi) is 4.34. The minimum atomic E-state index is -0.170. The number of fused-ring (bicyclic) bond motifs is 1. The number of hydrogen-bond acceptors (Lipinski definition) is 3. The van der Waals surface area contributed by atoms with Crippen molar-refractivity contribution in [3.63, 3.8) is 0 Å². The number of anilines is 1. The number of nitrogens with zero attached hydrogens (tertiary/aromatic N) is 2. The number of benzene rings is 3. The Bertz CT molecular complexity index is 1100. The van der Waals surface area contributed by atoms with Crippen LogP contribution in [0.15, 0.2) is 72.8 Å². The van der Waals surface area contributed by atoms with E-state index >= 15 is 0 Å². The maximum absolute atomic E-state index is 12.5. The summed E-state index contributed by atoms with van der Waals surface area (Å²) >= 11 is 0. The van der Waals surface area contributed by atoms with E-state index in [1.165, 1.54) is 0 Å². The Morgan fingerprint density at radius 2 is 1.67 bits per heavy atom. The van der Waals surface area contributed by atoms with Crippen LogP contribution in [-0.4, -0.2) is 15.5 Å². The molecule has 0 aliphatic carbocycles. The molecule has 1 heterocycles. The molecule has 1 N–H and O–H groups in total. The number of hydrogen-bond donors (Lipinski definition) is 1. The van der Waals surface area contributed by atoms with E-state index in [2.05, 4.69) is 10.3 Å². The molecule has 0 radical (unpaired) electrons. The fraction of sp³-hybridized carbons (Fsp3) is 0.0909. The number of carbonyl (C=O) groups excluding carboxylic acids is 1. The summed E-state index contributed by atoms with van der Waals surface area (Å²) < 4.78 is 7.76. The first-order valence-electron chi connectivity index (χ1n) is 8.67. The Morgan fingerprint density at radius 1 is 0.963 bits per heavy atom. The number of aromatic nitrogens is 2. The van der Waals surface area contributed by atoms with Gasteiger partial charge >= 0.3 is 0 Å². The fourth-order valence-electron chi connectivity index (χ4n) is 2.90. The first-order valence-corrected chi connectivity index (χ1v) is 8.67. The van der Waals surface area contributed by atoms with Crippen LogP contribution in [0.5, 0.6) is 11.5 Å². The first-order chi connectivity index (χ1) is 13.1. The number of para-hydroxylation sites is 1. The van der Waals surface area contributed by atoms with Crippen LogP contribution in [0.25, 0.3) is 11.0 Å². The summed E-state index contributed by atoms with van der Waals surface area (Å²) in [5.41, 5.74) is 3.10. The summed E-state index contributed by atoms with van der Waals surface area (Å²) in [4.78, 5) is 17.0. The van der Waals surface area contributed by atoms with Crippen molar-refractivity contribution < 1.29 is 9.53 Å². The summed E-state index contributed by atoms with van der Waals surface area (Å²) in [7, 11) is 1.96. The highest BCUT2D eigenvalue weighted by molar-refractivity contribution is 6.06. The third-order valence-electron chi connectivity index (χ3n) is 4.46. The summed E-state index contributed by atoms with van der Waals surface area (Å²) in [5.74, 6) is 2.23. The minimum Gasteiger partial charge on any atom is -0.457 e. The standard InChI is InChI=1S/C22H19N3O2/c1-15-23-20-14-16(8-13-21(20)25(15)2)22(26)24-17-9-11-19(12-10-17)27-18-6-4-3-5-7-18/h3-14H,1-2H3,(H,24,26). The number of nitrogens with one attached hydrogen (secondary N) is 1. The molecule has 134 valence electrons. The van der Waals surface area contributed by atoms with Gasteiger partial charge in [-0.1, -0.05) is 18.2 Å². The van der Waals surface area contributed by atoms with Crippen molar-refractivity contribution in [2.45, 2.75) is 6.92 Å². The predicted octanol–water partition coefficient (Wildman–Crippen LogP) is 4.93. The van der Waals surface area contributed by atoms with Crippen LogP contribution in [0.3, 0.4) is 0 Å². The van der Waals surface area contributed by atoms with Crippen molar-refractivity contribution in [3.8, 4) is 11.5 Å². The summed E-state index contributed by atoms with van der Waals surface area (Å²) in [6, 6.07) is 22.4. The summed E-state index contributed by atoms with van der Waals surface area (Å²) in [6.07, 6.45) is 0.